The van der Waals surface area contributed by atoms with Gasteiger partial charge in [-0.3, -0.25) is 4.57 Å². The van der Waals surface area contributed by atoms with Gasteiger partial charge in [0.2, 0.25) is 0 Å². The Hall–Kier alpha value is -3.34. The molecule has 0 amide bonds. The topological polar surface area (TPSA) is 37.2 Å². The zero-order valence-corrected chi connectivity index (χ0v) is 16.2. The summed E-state index contributed by atoms with van der Waals surface area (Å²) in [5, 5.41) is 0. The lowest BCUT2D eigenvalue weighted by Gasteiger charge is -2.30. The third kappa shape index (κ3) is 1.86. The van der Waals surface area contributed by atoms with E-state index >= 15 is 0 Å². The molecule has 5 nitrogen and oxygen atoms in total. The molecule has 6 rings (SSSR count). The number of para-hydroxylation sites is 2. The highest BCUT2D eigenvalue weighted by Crippen LogP contribution is 2.47. The lowest BCUT2D eigenvalue weighted by atomic mass is 10.0. The summed E-state index contributed by atoms with van der Waals surface area (Å²) in [6.45, 7) is 4.44. The zero-order chi connectivity index (χ0) is 19.0. The van der Waals surface area contributed by atoms with Crippen molar-refractivity contribution in [2.24, 2.45) is 0 Å². The molecule has 0 radical (unpaired) electrons. The van der Waals surface area contributed by atoms with Gasteiger partial charge in [0.05, 0.1) is 28.1 Å². The standard InChI is InChI=1S/C23H21N5/c1-14-10-11-18-16(13-21-25-17-7-4-5-8-19(17)28(18)21)22(14)27-15(2)26(3)23-20(27)9-6-12-24-23/h4-12,15H,13H2,1-3H3/t15-/m0/s1. The maximum absolute atomic E-state index is 4.91. The average Bonchev–Trinajstić information content (AvgIpc) is 3.32. The minimum Gasteiger partial charge on any atom is -0.337 e. The smallest absolute Gasteiger partial charge is 0.153 e. The lowest BCUT2D eigenvalue weighted by Crippen LogP contribution is -2.36. The molecule has 0 N–H and O–H groups in total. The molecule has 2 aliphatic rings. The number of benzene rings is 2. The van der Waals surface area contributed by atoms with Crippen LogP contribution < -0.4 is 9.80 Å². The number of nitrogens with zero attached hydrogens (tertiary/aromatic N) is 5. The quantitative estimate of drug-likeness (QED) is 0.435. The van der Waals surface area contributed by atoms with Crippen LogP contribution in [-0.2, 0) is 6.42 Å². The summed E-state index contributed by atoms with van der Waals surface area (Å²) in [5.74, 6) is 2.16. The number of aromatic nitrogens is 3. The summed E-state index contributed by atoms with van der Waals surface area (Å²) in [4.78, 5) is 14.2. The van der Waals surface area contributed by atoms with Crippen molar-refractivity contribution in [1.82, 2.24) is 14.5 Å². The van der Waals surface area contributed by atoms with Crippen molar-refractivity contribution in [2.75, 3.05) is 16.8 Å². The van der Waals surface area contributed by atoms with Gasteiger partial charge in [-0.15, -0.1) is 0 Å². The van der Waals surface area contributed by atoms with E-state index in [1.165, 1.54) is 33.7 Å². The van der Waals surface area contributed by atoms with Crippen LogP contribution in [0.4, 0.5) is 17.2 Å². The highest BCUT2D eigenvalue weighted by molar-refractivity contribution is 5.87. The van der Waals surface area contributed by atoms with E-state index in [0.717, 1.165) is 23.6 Å². The number of anilines is 3. The van der Waals surface area contributed by atoms with E-state index in [9.17, 15) is 0 Å². The molecule has 2 aliphatic heterocycles. The summed E-state index contributed by atoms with van der Waals surface area (Å²) in [5.41, 5.74) is 8.59. The summed E-state index contributed by atoms with van der Waals surface area (Å²) in [7, 11) is 2.12. The Labute approximate surface area is 163 Å². The van der Waals surface area contributed by atoms with Gasteiger partial charge >= 0.3 is 0 Å². The van der Waals surface area contributed by atoms with E-state index in [2.05, 4.69) is 82.7 Å². The Morgan fingerprint density at radius 1 is 1.00 bits per heavy atom. The van der Waals surface area contributed by atoms with E-state index in [-0.39, 0.29) is 6.17 Å². The van der Waals surface area contributed by atoms with Gasteiger partial charge in [-0.25, -0.2) is 9.97 Å². The fourth-order valence-electron chi connectivity index (χ4n) is 4.79. The first-order chi connectivity index (χ1) is 13.6. The van der Waals surface area contributed by atoms with E-state index in [4.69, 9.17) is 4.98 Å². The van der Waals surface area contributed by atoms with Crippen LogP contribution in [-0.4, -0.2) is 27.7 Å². The van der Waals surface area contributed by atoms with Crippen LogP contribution in [0.25, 0.3) is 16.7 Å². The zero-order valence-electron chi connectivity index (χ0n) is 16.2. The van der Waals surface area contributed by atoms with Crippen LogP contribution >= 0.6 is 0 Å². The minimum absolute atomic E-state index is 0.208. The largest absolute Gasteiger partial charge is 0.337 e. The Morgan fingerprint density at radius 3 is 2.75 bits per heavy atom. The first-order valence-corrected chi connectivity index (χ1v) is 9.71. The van der Waals surface area contributed by atoms with Gasteiger partial charge in [-0.1, -0.05) is 18.2 Å². The van der Waals surface area contributed by atoms with Gasteiger partial charge in [-0.05, 0) is 49.7 Å². The van der Waals surface area contributed by atoms with Crippen molar-refractivity contribution in [1.29, 1.82) is 0 Å². The Balaban J connectivity index is 1.60. The maximum Gasteiger partial charge on any atom is 0.153 e. The van der Waals surface area contributed by atoms with E-state index in [1.54, 1.807) is 0 Å². The van der Waals surface area contributed by atoms with Gasteiger partial charge in [0.25, 0.3) is 0 Å². The monoisotopic (exact) mass is 367 g/mol. The molecular weight excluding hydrogens is 346 g/mol. The predicted octanol–water partition coefficient (Wildman–Crippen LogP) is 4.57. The van der Waals surface area contributed by atoms with Crippen molar-refractivity contribution in [3.8, 4) is 5.69 Å². The molecule has 0 spiro atoms. The van der Waals surface area contributed by atoms with Crippen LogP contribution in [0, 0.1) is 6.92 Å². The van der Waals surface area contributed by atoms with E-state index < -0.39 is 0 Å². The van der Waals surface area contributed by atoms with Gasteiger partial charge in [0.1, 0.15) is 12.0 Å². The first-order valence-electron chi connectivity index (χ1n) is 9.71. The van der Waals surface area contributed by atoms with Crippen molar-refractivity contribution in [3.05, 3.63) is 71.7 Å². The lowest BCUT2D eigenvalue weighted by molar-refractivity contribution is 0.726. The molecular formula is C23H21N5. The van der Waals surface area contributed by atoms with Crippen molar-refractivity contribution in [2.45, 2.75) is 26.4 Å². The molecule has 4 aromatic rings. The highest BCUT2D eigenvalue weighted by atomic mass is 15.4. The second kappa shape index (κ2) is 5.35. The molecule has 0 aliphatic carbocycles. The van der Waals surface area contributed by atoms with Gasteiger partial charge in [0, 0.05) is 25.2 Å². The molecule has 0 saturated carbocycles. The van der Waals surface area contributed by atoms with Gasteiger partial charge in [-0.2, -0.15) is 0 Å². The SMILES string of the molecule is Cc1ccc2c(c1N1c3cccnc3N(C)[C@@H]1C)Cc1nc3ccccc3n1-2. The molecule has 5 heteroatoms. The number of imidazole rings is 1. The molecule has 0 bridgehead atoms. The fourth-order valence-corrected chi connectivity index (χ4v) is 4.79. The molecule has 0 unspecified atom stereocenters. The molecule has 2 aromatic carbocycles. The van der Waals surface area contributed by atoms with E-state index in [0.29, 0.717) is 0 Å². The fraction of sp³-hybridized carbons (Fsp3) is 0.217. The van der Waals surface area contributed by atoms with Crippen molar-refractivity contribution >= 4 is 28.2 Å². The molecule has 1 atom stereocenters. The van der Waals surface area contributed by atoms with Gasteiger partial charge in [0.15, 0.2) is 5.82 Å². The molecule has 28 heavy (non-hydrogen) atoms. The number of aryl methyl sites for hydroxylation is 1. The third-order valence-electron chi connectivity index (χ3n) is 6.20. The number of pyridine rings is 1. The number of hydrogen-bond acceptors (Lipinski definition) is 4. The normalized spacial score (nSPS) is 17.2. The Bertz CT molecular complexity index is 1260. The second-order valence-electron chi connectivity index (χ2n) is 7.72. The average molecular weight is 367 g/mol. The van der Waals surface area contributed by atoms with Crippen LogP contribution in [0.3, 0.4) is 0 Å². The van der Waals surface area contributed by atoms with E-state index in [1.807, 2.05) is 12.3 Å². The molecule has 138 valence electrons. The molecule has 0 fully saturated rings. The first kappa shape index (κ1) is 15.7. The van der Waals surface area contributed by atoms with Crippen molar-refractivity contribution < 1.29 is 0 Å². The summed E-state index contributed by atoms with van der Waals surface area (Å²) in [6, 6.07) is 17.1. The summed E-state index contributed by atoms with van der Waals surface area (Å²) in [6.07, 6.45) is 2.93. The second-order valence-corrected chi connectivity index (χ2v) is 7.72. The Morgan fingerprint density at radius 2 is 1.86 bits per heavy atom. The molecule has 4 heterocycles. The molecule has 2 aromatic heterocycles. The Kier molecular flexibility index (Phi) is 3.00. The minimum atomic E-state index is 0.208. The third-order valence-corrected chi connectivity index (χ3v) is 6.20. The van der Waals surface area contributed by atoms with Crippen molar-refractivity contribution in [3.63, 3.8) is 0 Å². The highest BCUT2D eigenvalue weighted by Gasteiger charge is 2.36. The summed E-state index contributed by atoms with van der Waals surface area (Å²) < 4.78 is 2.32. The predicted molar refractivity (Wildman–Crippen MR) is 113 cm³/mol. The number of hydrogen-bond donors (Lipinski definition) is 0. The summed E-state index contributed by atoms with van der Waals surface area (Å²) >= 11 is 0. The maximum atomic E-state index is 4.91. The van der Waals surface area contributed by atoms with Crippen LogP contribution in [0.5, 0.6) is 0 Å². The van der Waals surface area contributed by atoms with Crippen LogP contribution in [0.15, 0.2) is 54.7 Å². The van der Waals surface area contributed by atoms with Gasteiger partial charge < -0.3 is 9.80 Å². The van der Waals surface area contributed by atoms with Crippen LogP contribution in [0.2, 0.25) is 0 Å². The van der Waals surface area contributed by atoms with Crippen LogP contribution in [0.1, 0.15) is 23.9 Å². The molecule has 0 saturated heterocycles. The number of rotatable bonds is 1. The number of fused-ring (bicyclic) bond motifs is 6.